The second-order valence-electron chi connectivity index (χ2n) is 4.68. The number of rotatable bonds is 7. The Morgan fingerprint density at radius 2 is 2.14 bits per heavy atom. The van der Waals surface area contributed by atoms with E-state index in [1.807, 2.05) is 23.7 Å². The highest BCUT2D eigenvalue weighted by Crippen LogP contribution is 2.37. The van der Waals surface area contributed by atoms with Gasteiger partial charge in [-0.25, -0.2) is 4.98 Å². The van der Waals surface area contributed by atoms with E-state index in [-0.39, 0.29) is 0 Å². The summed E-state index contributed by atoms with van der Waals surface area (Å²) in [5.41, 5.74) is 0.987. The molecule has 0 bridgehead atoms. The van der Waals surface area contributed by atoms with Crippen LogP contribution < -0.4 is 14.8 Å². The molecule has 1 N–H and O–H groups in total. The number of hydrogen-bond acceptors (Lipinski definition) is 5. The molecule has 1 aromatic carbocycles. The van der Waals surface area contributed by atoms with E-state index in [0.717, 1.165) is 17.1 Å². The van der Waals surface area contributed by atoms with Gasteiger partial charge in [0, 0.05) is 30.6 Å². The van der Waals surface area contributed by atoms with Gasteiger partial charge in [-0.15, -0.1) is 11.3 Å². The van der Waals surface area contributed by atoms with Crippen LogP contribution in [0.1, 0.15) is 23.4 Å². The minimum Gasteiger partial charge on any atom is -0.493 e. The van der Waals surface area contributed by atoms with E-state index in [4.69, 9.17) is 21.1 Å². The maximum Gasteiger partial charge on any atom is 0.179 e. The molecule has 0 fully saturated rings. The van der Waals surface area contributed by atoms with Crippen LogP contribution in [0.25, 0.3) is 0 Å². The second kappa shape index (κ2) is 7.64. The summed E-state index contributed by atoms with van der Waals surface area (Å²) in [6.07, 6.45) is 1.84. The molecule has 1 atom stereocenters. The monoisotopic (exact) mass is 326 g/mol. The van der Waals surface area contributed by atoms with Gasteiger partial charge in [-0.1, -0.05) is 24.6 Å². The normalized spacial score (nSPS) is 12.2. The van der Waals surface area contributed by atoms with E-state index in [9.17, 15) is 0 Å². The summed E-state index contributed by atoms with van der Waals surface area (Å²) in [6.45, 7) is 3.68. The molecule has 1 heterocycles. The predicted octanol–water partition coefficient (Wildman–Crippen LogP) is 3.71. The summed E-state index contributed by atoms with van der Waals surface area (Å²) >= 11 is 8.03. The third-order valence-electron chi connectivity index (χ3n) is 3.20. The molecule has 0 aliphatic carbocycles. The molecule has 0 radical (unpaired) electrons. The molecular formula is C15H19ClN2O2S. The standard InChI is InChI=1S/C15H19ClN2O2S/c1-10(15-18-6-7-21-15)8-17-9-11-4-5-12(19-2)14(20-3)13(11)16/h4-7,10,17H,8-9H2,1-3H3. The third kappa shape index (κ3) is 3.87. The van der Waals surface area contributed by atoms with Crippen molar-refractivity contribution in [1.82, 2.24) is 10.3 Å². The summed E-state index contributed by atoms with van der Waals surface area (Å²) in [7, 11) is 3.19. The van der Waals surface area contributed by atoms with Crippen molar-refractivity contribution < 1.29 is 9.47 Å². The van der Waals surface area contributed by atoms with Crippen LogP contribution in [0.2, 0.25) is 5.02 Å². The number of benzene rings is 1. The Labute approximate surface area is 134 Å². The zero-order valence-corrected chi connectivity index (χ0v) is 13.9. The molecule has 0 spiro atoms. The summed E-state index contributed by atoms with van der Waals surface area (Å²) in [5, 5.41) is 7.13. The number of aromatic nitrogens is 1. The van der Waals surface area contributed by atoms with Gasteiger partial charge >= 0.3 is 0 Å². The van der Waals surface area contributed by atoms with Gasteiger partial charge in [-0.3, -0.25) is 0 Å². The Kier molecular flexibility index (Phi) is 5.85. The van der Waals surface area contributed by atoms with Gasteiger partial charge in [-0.05, 0) is 11.6 Å². The Bertz CT molecular complexity index is 575. The van der Waals surface area contributed by atoms with E-state index >= 15 is 0 Å². The molecule has 0 amide bonds. The highest BCUT2D eigenvalue weighted by molar-refractivity contribution is 7.09. The van der Waals surface area contributed by atoms with Crippen LogP contribution in [0.4, 0.5) is 0 Å². The molecule has 2 aromatic rings. The van der Waals surface area contributed by atoms with Gasteiger partial charge in [0.1, 0.15) is 0 Å². The maximum absolute atomic E-state index is 6.35. The van der Waals surface area contributed by atoms with E-state index in [0.29, 0.717) is 29.0 Å². The van der Waals surface area contributed by atoms with Crippen LogP contribution in [-0.4, -0.2) is 25.7 Å². The first-order chi connectivity index (χ1) is 10.2. The van der Waals surface area contributed by atoms with Crippen molar-refractivity contribution in [1.29, 1.82) is 0 Å². The molecule has 4 nitrogen and oxygen atoms in total. The van der Waals surface area contributed by atoms with E-state index in [1.165, 1.54) is 0 Å². The molecule has 1 aromatic heterocycles. The van der Waals surface area contributed by atoms with E-state index in [1.54, 1.807) is 25.6 Å². The van der Waals surface area contributed by atoms with Crippen LogP contribution in [0.3, 0.4) is 0 Å². The number of ether oxygens (including phenoxy) is 2. The molecule has 0 aliphatic heterocycles. The minimum absolute atomic E-state index is 0.379. The van der Waals surface area contributed by atoms with Crippen LogP contribution >= 0.6 is 22.9 Å². The van der Waals surface area contributed by atoms with Crippen molar-refractivity contribution in [2.24, 2.45) is 0 Å². The van der Waals surface area contributed by atoms with Crippen LogP contribution in [-0.2, 0) is 6.54 Å². The largest absolute Gasteiger partial charge is 0.493 e. The molecule has 6 heteroatoms. The Hall–Kier alpha value is -1.30. The van der Waals surface area contributed by atoms with Crippen molar-refractivity contribution in [2.45, 2.75) is 19.4 Å². The zero-order chi connectivity index (χ0) is 15.2. The quantitative estimate of drug-likeness (QED) is 0.842. The topological polar surface area (TPSA) is 43.4 Å². The summed E-state index contributed by atoms with van der Waals surface area (Å²) < 4.78 is 10.5. The number of halogens is 1. The molecule has 0 saturated carbocycles. The molecule has 114 valence electrons. The third-order valence-corrected chi connectivity index (χ3v) is 4.63. The van der Waals surface area contributed by atoms with Crippen molar-refractivity contribution in [3.63, 3.8) is 0 Å². The molecular weight excluding hydrogens is 308 g/mol. The highest BCUT2D eigenvalue weighted by Gasteiger charge is 2.13. The number of thiazole rings is 1. The SMILES string of the molecule is COc1ccc(CNCC(C)c2nccs2)c(Cl)c1OC. The summed E-state index contributed by atoms with van der Waals surface area (Å²) in [4.78, 5) is 4.33. The Balaban J connectivity index is 1.97. The Morgan fingerprint density at radius 3 is 2.76 bits per heavy atom. The number of methoxy groups -OCH3 is 2. The fourth-order valence-electron chi connectivity index (χ4n) is 2.06. The molecule has 0 aliphatic rings. The van der Waals surface area contributed by atoms with Gasteiger partial charge in [0.2, 0.25) is 0 Å². The van der Waals surface area contributed by atoms with Gasteiger partial charge < -0.3 is 14.8 Å². The lowest BCUT2D eigenvalue weighted by atomic mass is 10.1. The van der Waals surface area contributed by atoms with E-state index < -0.39 is 0 Å². The van der Waals surface area contributed by atoms with Gasteiger partial charge in [0.25, 0.3) is 0 Å². The first-order valence-electron chi connectivity index (χ1n) is 6.66. The smallest absolute Gasteiger partial charge is 0.179 e. The number of hydrogen-bond donors (Lipinski definition) is 1. The zero-order valence-electron chi connectivity index (χ0n) is 12.4. The van der Waals surface area contributed by atoms with Crippen molar-refractivity contribution >= 4 is 22.9 Å². The molecule has 0 saturated heterocycles. The van der Waals surface area contributed by atoms with Gasteiger partial charge in [0.15, 0.2) is 11.5 Å². The molecule has 2 rings (SSSR count). The van der Waals surface area contributed by atoms with Crippen LogP contribution in [0, 0.1) is 0 Å². The first kappa shape index (κ1) is 16.1. The average molecular weight is 327 g/mol. The number of nitrogens with zero attached hydrogens (tertiary/aromatic N) is 1. The molecule has 21 heavy (non-hydrogen) atoms. The lowest BCUT2D eigenvalue weighted by molar-refractivity contribution is 0.354. The van der Waals surface area contributed by atoms with Crippen LogP contribution in [0.5, 0.6) is 11.5 Å². The number of nitrogens with one attached hydrogen (secondary N) is 1. The lowest BCUT2D eigenvalue weighted by Gasteiger charge is -2.14. The Morgan fingerprint density at radius 1 is 1.33 bits per heavy atom. The van der Waals surface area contributed by atoms with Gasteiger partial charge in [-0.2, -0.15) is 0 Å². The predicted molar refractivity (Wildman–Crippen MR) is 86.8 cm³/mol. The molecule has 1 unspecified atom stereocenters. The van der Waals surface area contributed by atoms with Crippen molar-refractivity contribution in [3.8, 4) is 11.5 Å². The van der Waals surface area contributed by atoms with Crippen molar-refractivity contribution in [3.05, 3.63) is 39.3 Å². The van der Waals surface area contributed by atoms with Gasteiger partial charge in [0.05, 0.1) is 24.2 Å². The van der Waals surface area contributed by atoms with Crippen molar-refractivity contribution in [2.75, 3.05) is 20.8 Å². The van der Waals surface area contributed by atoms with E-state index in [2.05, 4.69) is 17.2 Å². The lowest BCUT2D eigenvalue weighted by Crippen LogP contribution is -2.19. The fraction of sp³-hybridized carbons (Fsp3) is 0.400. The maximum atomic E-state index is 6.35. The first-order valence-corrected chi connectivity index (χ1v) is 7.92. The highest BCUT2D eigenvalue weighted by atomic mass is 35.5. The minimum atomic E-state index is 0.379. The summed E-state index contributed by atoms with van der Waals surface area (Å²) in [6, 6.07) is 3.82. The van der Waals surface area contributed by atoms with Crippen LogP contribution in [0.15, 0.2) is 23.7 Å². The average Bonchev–Trinajstić information content (AvgIpc) is 3.02. The second-order valence-corrected chi connectivity index (χ2v) is 5.98. The summed E-state index contributed by atoms with van der Waals surface area (Å²) in [5.74, 6) is 1.60. The fourth-order valence-corrected chi connectivity index (χ4v) is 3.05.